The summed E-state index contributed by atoms with van der Waals surface area (Å²) in [4.78, 5) is 0. The lowest BCUT2D eigenvalue weighted by Gasteiger charge is -2.22. The van der Waals surface area contributed by atoms with E-state index >= 15 is 0 Å². The number of ether oxygens (including phenoxy) is 10. The van der Waals surface area contributed by atoms with Crippen molar-refractivity contribution >= 4 is 0 Å². The maximum Gasteiger partial charge on any atom is 0.203 e. The molecule has 0 amide bonds. The van der Waals surface area contributed by atoms with Crippen LogP contribution in [0, 0.1) is 0 Å². The summed E-state index contributed by atoms with van der Waals surface area (Å²) < 4.78 is 58.9. The third-order valence-electron chi connectivity index (χ3n) is 11.0. The topological polar surface area (TPSA) is 113 Å². The normalized spacial score (nSPS) is 17.9. The predicted molar refractivity (Wildman–Crippen MR) is 245 cm³/mol. The highest BCUT2D eigenvalue weighted by atomic mass is 16.6. The lowest BCUT2D eigenvalue weighted by molar-refractivity contribution is -0.0259. The van der Waals surface area contributed by atoms with Crippen molar-refractivity contribution in [1.29, 1.82) is 0 Å². The van der Waals surface area contributed by atoms with E-state index in [9.17, 15) is 0 Å². The molecule has 0 spiro atoms. The second-order valence-electron chi connectivity index (χ2n) is 15.9. The van der Waals surface area contributed by atoms with E-state index in [-0.39, 0.29) is 12.7 Å². The fourth-order valence-corrected chi connectivity index (χ4v) is 7.41. The molecule has 2 aliphatic rings. The molecule has 0 saturated carbocycles. The fourth-order valence-electron chi connectivity index (χ4n) is 7.41. The third kappa shape index (κ3) is 19.2. The number of benzene rings is 3. The van der Waals surface area contributed by atoms with E-state index in [4.69, 9.17) is 52.5 Å². The summed E-state index contributed by atoms with van der Waals surface area (Å²) in [6.07, 6.45) is 13.9. The summed E-state index contributed by atoms with van der Waals surface area (Å²) in [5, 5.41) is 9.00. The minimum absolute atomic E-state index is 0.234. The highest BCUT2D eigenvalue weighted by Crippen LogP contribution is 2.39. The van der Waals surface area contributed by atoms with Gasteiger partial charge in [0.1, 0.15) is 25.1 Å². The molecule has 11 heteroatoms. The monoisotopic (exact) mass is 873 g/mol. The minimum Gasteiger partial charge on any atom is -0.493 e. The standard InChI is InChI=1S/C52H72O11/c1-54-50-38-43(39-51(55-2)52(50)62-29-12-8-5-9-26-53)15-13-14-42-16-19-45(20-17-42)46-21-23-47(24-22-46)63-41-44-18-25-48-49(40-44)61-37-35-59-33-31-57-28-11-7-4-3-6-10-27-56-30-32-58-34-36-60-48/h16-17,19-24,38-39,49,53H,3-15,26-37,40-41H2,1-2H3. The van der Waals surface area contributed by atoms with Crippen molar-refractivity contribution in [2.45, 2.75) is 96.0 Å². The molecule has 346 valence electrons. The van der Waals surface area contributed by atoms with E-state index in [2.05, 4.69) is 60.0 Å². The first-order valence-electron chi connectivity index (χ1n) is 23.3. The Balaban J connectivity index is 1.07. The molecule has 0 radical (unpaired) electrons. The van der Waals surface area contributed by atoms with Gasteiger partial charge < -0.3 is 52.5 Å². The van der Waals surface area contributed by atoms with Gasteiger partial charge in [-0.05, 0) is 104 Å². The van der Waals surface area contributed by atoms with Crippen molar-refractivity contribution in [1.82, 2.24) is 0 Å². The zero-order chi connectivity index (χ0) is 44.0. The molecule has 3 aromatic rings. The second kappa shape index (κ2) is 30.7. The van der Waals surface area contributed by atoms with E-state index in [1.165, 1.54) is 31.2 Å². The van der Waals surface area contributed by atoms with Gasteiger partial charge in [0.15, 0.2) is 17.3 Å². The molecule has 11 nitrogen and oxygen atoms in total. The fraction of sp³-hybridized carbons (Fsp3) is 0.577. The SMILES string of the molecule is COc1cc(CCCc2ccc(-c3ccc(OCC4=C=C=C5OCCOCCOCCCCCCCCOCCOCCOC5C4)cc3)cc2)cc(OC)c1OCCCCCCO. The predicted octanol–water partition coefficient (Wildman–Crippen LogP) is 9.65. The first-order chi connectivity index (χ1) is 31.2. The van der Waals surface area contributed by atoms with Crippen molar-refractivity contribution in [3.63, 3.8) is 0 Å². The van der Waals surface area contributed by atoms with Crippen LogP contribution in [-0.2, 0) is 41.3 Å². The van der Waals surface area contributed by atoms with Gasteiger partial charge in [0.05, 0.1) is 67.1 Å². The molecular weight excluding hydrogens is 801 g/mol. The molecule has 1 aliphatic heterocycles. The highest BCUT2D eigenvalue weighted by Gasteiger charge is 2.22. The molecule has 1 N–H and O–H groups in total. The van der Waals surface area contributed by atoms with Crippen LogP contribution in [0.25, 0.3) is 11.1 Å². The second-order valence-corrected chi connectivity index (χ2v) is 15.9. The quantitative estimate of drug-likeness (QED) is 0.103. The van der Waals surface area contributed by atoms with Gasteiger partial charge >= 0.3 is 0 Å². The molecule has 1 saturated heterocycles. The first-order valence-corrected chi connectivity index (χ1v) is 23.3. The number of rotatable bonds is 17. The van der Waals surface area contributed by atoms with Crippen molar-refractivity contribution in [2.75, 3.05) is 100 Å². The molecule has 1 aliphatic carbocycles. The van der Waals surface area contributed by atoms with Crippen LogP contribution in [-0.4, -0.2) is 111 Å². The summed E-state index contributed by atoms with van der Waals surface area (Å²) in [5.74, 6) is 3.42. The number of aryl methyl sites for hydroxylation is 2. The molecular formula is C52H72O11. The first kappa shape index (κ1) is 49.7. The average molecular weight is 873 g/mol. The van der Waals surface area contributed by atoms with E-state index < -0.39 is 0 Å². The van der Waals surface area contributed by atoms with Gasteiger partial charge in [0.25, 0.3) is 0 Å². The van der Waals surface area contributed by atoms with Gasteiger partial charge in [-0.15, -0.1) is 0 Å². The van der Waals surface area contributed by atoms with Crippen LogP contribution in [0.3, 0.4) is 0 Å². The van der Waals surface area contributed by atoms with Crippen LogP contribution in [0.2, 0.25) is 0 Å². The van der Waals surface area contributed by atoms with Crippen LogP contribution in [0.1, 0.15) is 88.2 Å². The number of aliphatic hydroxyl groups excluding tert-OH is 1. The van der Waals surface area contributed by atoms with Gasteiger partial charge in [-0.1, -0.05) is 74.2 Å². The maximum absolute atomic E-state index is 9.00. The van der Waals surface area contributed by atoms with Gasteiger partial charge in [0, 0.05) is 31.8 Å². The van der Waals surface area contributed by atoms with E-state index in [1.807, 2.05) is 12.1 Å². The number of methoxy groups -OCH3 is 2. The molecule has 3 aromatic carbocycles. The molecule has 0 aromatic heterocycles. The van der Waals surface area contributed by atoms with Crippen molar-refractivity contribution in [3.8, 4) is 34.1 Å². The van der Waals surface area contributed by atoms with Crippen LogP contribution >= 0.6 is 0 Å². The van der Waals surface area contributed by atoms with Gasteiger partial charge in [-0.3, -0.25) is 0 Å². The van der Waals surface area contributed by atoms with Crippen LogP contribution in [0.4, 0.5) is 0 Å². The number of hydrogen-bond acceptors (Lipinski definition) is 11. The van der Waals surface area contributed by atoms with Crippen LogP contribution in [0.5, 0.6) is 23.0 Å². The summed E-state index contributed by atoms with van der Waals surface area (Å²) in [5.41, 5.74) is 12.1. The Morgan fingerprint density at radius 1 is 0.571 bits per heavy atom. The number of aliphatic hydroxyl groups is 1. The number of unbranched alkanes of at least 4 members (excludes halogenated alkanes) is 3. The smallest absolute Gasteiger partial charge is 0.203 e. The van der Waals surface area contributed by atoms with Crippen LogP contribution < -0.4 is 18.9 Å². The Hall–Kier alpha value is -4.28. The average Bonchev–Trinajstić information content (AvgIpc) is 3.31. The summed E-state index contributed by atoms with van der Waals surface area (Å²) in [6, 6.07) is 21.1. The molecule has 5 rings (SSSR count). The lowest BCUT2D eigenvalue weighted by atomic mass is 10.00. The molecule has 1 fully saturated rings. The molecule has 63 heavy (non-hydrogen) atoms. The van der Waals surface area contributed by atoms with E-state index in [0.29, 0.717) is 95.5 Å². The third-order valence-corrected chi connectivity index (χ3v) is 11.0. The van der Waals surface area contributed by atoms with Gasteiger partial charge in [0.2, 0.25) is 5.75 Å². The largest absolute Gasteiger partial charge is 0.493 e. The summed E-state index contributed by atoms with van der Waals surface area (Å²) in [7, 11) is 3.33. The van der Waals surface area contributed by atoms with Gasteiger partial charge in [-0.25, -0.2) is 0 Å². The Kier molecular flexibility index (Phi) is 24.3. The molecule has 1 heterocycles. The summed E-state index contributed by atoms with van der Waals surface area (Å²) in [6.45, 7) is 6.75. The van der Waals surface area contributed by atoms with Crippen molar-refractivity contribution in [2.24, 2.45) is 0 Å². The number of fused-ring (bicyclic) bond motifs is 1. The Morgan fingerprint density at radius 3 is 1.79 bits per heavy atom. The highest BCUT2D eigenvalue weighted by molar-refractivity contribution is 5.64. The van der Waals surface area contributed by atoms with Crippen molar-refractivity contribution < 1.29 is 52.5 Å². The molecule has 0 bridgehead atoms. The van der Waals surface area contributed by atoms with E-state index in [1.54, 1.807) is 14.2 Å². The Bertz CT molecular complexity index is 1770. The van der Waals surface area contributed by atoms with Crippen LogP contribution in [0.15, 0.2) is 83.5 Å². The van der Waals surface area contributed by atoms with Crippen molar-refractivity contribution in [3.05, 3.63) is 94.6 Å². The minimum atomic E-state index is -0.313. The summed E-state index contributed by atoms with van der Waals surface area (Å²) >= 11 is 0. The number of hydrogen-bond donors (Lipinski definition) is 1. The van der Waals surface area contributed by atoms with E-state index in [0.717, 1.165) is 99.0 Å². The Morgan fingerprint density at radius 2 is 1.14 bits per heavy atom. The zero-order valence-corrected chi connectivity index (χ0v) is 38.0. The lowest BCUT2D eigenvalue weighted by Crippen LogP contribution is -2.24. The zero-order valence-electron chi connectivity index (χ0n) is 38.0. The Labute approximate surface area is 376 Å². The molecule has 1 unspecified atom stereocenters. The maximum atomic E-state index is 9.00. The molecule has 1 atom stereocenters. The van der Waals surface area contributed by atoms with Gasteiger partial charge in [-0.2, -0.15) is 0 Å².